The molecule has 114 heavy (non-hydrogen) atoms. The quantitative estimate of drug-likeness (QED) is 0.127. The zero-order chi connectivity index (χ0) is 75.2. The predicted octanol–water partition coefficient (Wildman–Crippen LogP) is 25.5. The fraction of sp³-hybridized carbons (Fsp3) is 0. The summed E-state index contributed by atoms with van der Waals surface area (Å²) in [5.74, 6) is 3.34. The lowest BCUT2D eigenvalue weighted by molar-refractivity contribution is 1.05. The maximum Gasteiger partial charge on any atom is 0.164 e. The Hall–Kier alpha value is -15.6. The van der Waals surface area contributed by atoms with Crippen molar-refractivity contribution in [1.82, 2.24) is 53.2 Å². The highest BCUT2D eigenvalue weighted by molar-refractivity contribution is 6.24. The summed E-state index contributed by atoms with van der Waals surface area (Å²) in [5, 5.41) is 11.7. The number of nitrogens with zero attached hydrogens (tertiary/aromatic N) is 11. The molecule has 0 bridgehead atoms. The molecule has 532 valence electrons. The van der Waals surface area contributed by atoms with Crippen LogP contribution in [0, 0.1) is 0 Å². The largest absolute Gasteiger partial charge is 0.309 e. The standard InChI is InChI=1S/C54H34N6.C49H31N5/c1-3-16-36(17-4-1)52-56-53(58-54(57-52)38-18-15-21-40(34-38)59-46-27-12-8-22-41(46)42-23-9-13-28-47(42)59)37-32-30-35(31-33-37)50-49-44-25-10-14-29-48(44)60(39-19-5-2-6-20-39)51(49)43-24-7-11-26-45(43)55-50;1-3-15-34(16-4-1)49-51-41(31-45(52-49)54-42-24-12-8-19-36(42)37-20-9-13-25-43(37)54)32-27-29-33(30-28-32)47-46-39-22-10-14-26-44(39)53(35-17-5-2-6-18-35)48(46)38-21-7-11-23-40(38)50-47/h1-34H;1-31H. The SMILES string of the molecule is c1ccc(-c2nc(-c3ccc(-c4nc5ccccc5c5c4c4ccccc4n5-c4ccccc4)cc3)cc(-n3c4ccccc4c4ccccc43)n2)cc1.c1ccc(-c2nc(-c3ccc(-c4nc5ccccc5c5c4c4ccccc4n5-c4ccccc4)cc3)nc(-c3cccc(-n4c5ccccc5c5ccccc54)c3)n2)cc1. The third-order valence-corrected chi connectivity index (χ3v) is 22.1. The number of hydrogen-bond acceptors (Lipinski definition) is 7. The van der Waals surface area contributed by atoms with E-state index in [4.69, 9.17) is 34.9 Å². The van der Waals surface area contributed by atoms with Gasteiger partial charge in [-0.15, -0.1) is 0 Å². The van der Waals surface area contributed by atoms with Gasteiger partial charge in [0.05, 0.1) is 72.2 Å². The van der Waals surface area contributed by atoms with E-state index in [1.54, 1.807) is 0 Å². The topological polar surface area (TPSA) is 110 Å². The lowest BCUT2D eigenvalue weighted by atomic mass is 10.0. The molecule has 11 nitrogen and oxygen atoms in total. The van der Waals surface area contributed by atoms with E-state index in [2.05, 4.69) is 364 Å². The third kappa shape index (κ3) is 11.0. The molecule has 8 heterocycles. The zero-order valence-electron chi connectivity index (χ0n) is 61.4. The van der Waals surface area contributed by atoms with Gasteiger partial charge in [0.2, 0.25) is 0 Å². The summed E-state index contributed by atoms with van der Waals surface area (Å²) in [6.45, 7) is 0. The first kappa shape index (κ1) is 65.5. The van der Waals surface area contributed by atoms with Gasteiger partial charge in [-0.1, -0.05) is 303 Å². The Morgan fingerprint density at radius 1 is 0.175 bits per heavy atom. The van der Waals surface area contributed by atoms with Crippen LogP contribution in [-0.4, -0.2) is 53.2 Å². The zero-order valence-corrected chi connectivity index (χ0v) is 61.4. The van der Waals surface area contributed by atoms with Crippen molar-refractivity contribution in [2.75, 3.05) is 0 Å². The van der Waals surface area contributed by atoms with Crippen molar-refractivity contribution >= 4 is 109 Å². The maximum atomic E-state index is 5.35. The summed E-state index contributed by atoms with van der Waals surface area (Å²) >= 11 is 0. The van der Waals surface area contributed by atoms with Crippen molar-refractivity contribution in [2.45, 2.75) is 0 Å². The summed E-state index contributed by atoms with van der Waals surface area (Å²) in [6, 6.07) is 138. The summed E-state index contributed by atoms with van der Waals surface area (Å²) in [5.41, 5.74) is 23.8. The van der Waals surface area contributed by atoms with Gasteiger partial charge >= 0.3 is 0 Å². The first-order chi connectivity index (χ1) is 56.6. The molecular weight excluding hydrogens is 1390 g/mol. The van der Waals surface area contributed by atoms with Crippen LogP contribution in [-0.2, 0) is 0 Å². The van der Waals surface area contributed by atoms with Gasteiger partial charge in [0.1, 0.15) is 5.82 Å². The van der Waals surface area contributed by atoms with Gasteiger partial charge in [0, 0.05) is 116 Å². The van der Waals surface area contributed by atoms with Crippen molar-refractivity contribution in [3.05, 3.63) is 394 Å². The average molecular weight is 1460 g/mol. The first-order valence-electron chi connectivity index (χ1n) is 38.4. The molecular formula is C103H65N11. The van der Waals surface area contributed by atoms with Crippen LogP contribution in [0.3, 0.4) is 0 Å². The fourth-order valence-electron chi connectivity index (χ4n) is 17.0. The summed E-state index contributed by atoms with van der Waals surface area (Å²) in [6.07, 6.45) is 0. The number of fused-ring (bicyclic) bond motifs is 16. The molecule has 0 unspecified atom stereocenters. The van der Waals surface area contributed by atoms with E-state index in [1.165, 1.54) is 26.9 Å². The Morgan fingerprint density at radius 2 is 0.482 bits per heavy atom. The van der Waals surface area contributed by atoms with Crippen molar-refractivity contribution < 1.29 is 0 Å². The number of benzene rings is 15. The molecule has 11 heteroatoms. The molecule has 0 saturated carbocycles. The molecule has 8 aromatic heterocycles. The Labute approximate surface area is 654 Å². The lowest BCUT2D eigenvalue weighted by Gasteiger charge is -2.13. The third-order valence-electron chi connectivity index (χ3n) is 22.1. The Morgan fingerprint density at radius 3 is 0.921 bits per heavy atom. The number of aromatic nitrogens is 11. The van der Waals surface area contributed by atoms with E-state index in [9.17, 15) is 0 Å². The van der Waals surface area contributed by atoms with Gasteiger partial charge in [-0.25, -0.2) is 34.9 Å². The molecule has 23 aromatic rings. The van der Waals surface area contributed by atoms with Gasteiger partial charge in [-0.3, -0.25) is 4.57 Å². The lowest BCUT2D eigenvalue weighted by Crippen LogP contribution is -2.02. The van der Waals surface area contributed by atoms with Gasteiger partial charge in [0.15, 0.2) is 23.3 Å². The monoisotopic (exact) mass is 1460 g/mol. The molecule has 0 N–H and O–H groups in total. The van der Waals surface area contributed by atoms with Crippen LogP contribution in [0.15, 0.2) is 394 Å². The molecule has 0 aliphatic carbocycles. The number of hydrogen-bond donors (Lipinski definition) is 0. The van der Waals surface area contributed by atoms with Crippen LogP contribution >= 0.6 is 0 Å². The highest BCUT2D eigenvalue weighted by atomic mass is 15.1. The molecule has 0 spiro atoms. The van der Waals surface area contributed by atoms with Crippen LogP contribution in [0.5, 0.6) is 0 Å². The molecule has 0 aliphatic rings. The fourth-order valence-corrected chi connectivity index (χ4v) is 17.0. The molecule has 0 saturated heterocycles. The molecule has 0 amide bonds. The van der Waals surface area contributed by atoms with Gasteiger partial charge in [-0.05, 0) is 84.9 Å². The summed E-state index contributed by atoms with van der Waals surface area (Å²) < 4.78 is 9.34. The molecule has 0 fully saturated rings. The second kappa shape index (κ2) is 27.2. The average Bonchev–Trinajstić information content (AvgIpc) is 1.56. The molecule has 0 aliphatic heterocycles. The van der Waals surface area contributed by atoms with Crippen LogP contribution in [0.1, 0.15) is 0 Å². The minimum absolute atomic E-state index is 0.602. The van der Waals surface area contributed by atoms with Crippen molar-refractivity contribution in [2.24, 2.45) is 0 Å². The smallest absolute Gasteiger partial charge is 0.164 e. The second-order valence-corrected chi connectivity index (χ2v) is 28.7. The Balaban J connectivity index is 0.000000140. The van der Waals surface area contributed by atoms with E-state index in [0.29, 0.717) is 23.3 Å². The molecule has 23 rings (SSSR count). The van der Waals surface area contributed by atoms with Crippen LogP contribution in [0.2, 0.25) is 0 Å². The number of pyridine rings is 2. The van der Waals surface area contributed by atoms with Crippen molar-refractivity contribution in [3.8, 4) is 102 Å². The van der Waals surface area contributed by atoms with Crippen molar-refractivity contribution in [3.63, 3.8) is 0 Å². The minimum Gasteiger partial charge on any atom is -0.309 e. The summed E-state index contributed by atoms with van der Waals surface area (Å²) in [7, 11) is 0. The molecule has 15 aromatic carbocycles. The predicted molar refractivity (Wildman–Crippen MR) is 468 cm³/mol. The highest BCUT2D eigenvalue weighted by Gasteiger charge is 2.25. The maximum absolute atomic E-state index is 5.35. The van der Waals surface area contributed by atoms with E-state index < -0.39 is 0 Å². The van der Waals surface area contributed by atoms with Gasteiger partial charge in [0.25, 0.3) is 0 Å². The van der Waals surface area contributed by atoms with E-state index >= 15 is 0 Å². The number of para-hydroxylation sites is 10. The second-order valence-electron chi connectivity index (χ2n) is 28.7. The summed E-state index contributed by atoms with van der Waals surface area (Å²) in [4.78, 5) is 36.4. The van der Waals surface area contributed by atoms with Crippen LogP contribution in [0.25, 0.3) is 211 Å². The van der Waals surface area contributed by atoms with E-state index in [-0.39, 0.29) is 0 Å². The van der Waals surface area contributed by atoms with E-state index in [0.717, 1.165) is 161 Å². The van der Waals surface area contributed by atoms with Gasteiger partial charge in [-0.2, -0.15) is 0 Å². The number of rotatable bonds is 11. The molecule has 0 atom stereocenters. The minimum atomic E-state index is 0.602. The molecule has 0 radical (unpaired) electrons. The Bertz CT molecular complexity index is 7590. The van der Waals surface area contributed by atoms with Crippen LogP contribution < -0.4 is 0 Å². The highest BCUT2D eigenvalue weighted by Crippen LogP contribution is 2.45. The first-order valence-corrected chi connectivity index (χ1v) is 38.4. The van der Waals surface area contributed by atoms with E-state index in [1.807, 2.05) is 48.5 Å². The Kier molecular flexibility index (Phi) is 15.6. The van der Waals surface area contributed by atoms with Gasteiger partial charge < -0.3 is 13.7 Å². The van der Waals surface area contributed by atoms with Crippen molar-refractivity contribution in [1.29, 1.82) is 0 Å². The van der Waals surface area contributed by atoms with Crippen LogP contribution in [0.4, 0.5) is 0 Å². The normalized spacial score (nSPS) is 11.7.